The average Bonchev–Trinajstić information content (AvgIpc) is 2.78. The van der Waals surface area contributed by atoms with E-state index in [2.05, 4.69) is 46.4 Å². The third kappa shape index (κ3) is 5.07. The molecule has 5 nitrogen and oxygen atoms in total. The summed E-state index contributed by atoms with van der Waals surface area (Å²) in [6, 6.07) is 19.0. The molecule has 2 aromatic heterocycles. The lowest BCUT2D eigenvalue weighted by molar-refractivity contribution is 0.0699. The Morgan fingerprint density at radius 3 is 2.41 bits per heavy atom. The summed E-state index contributed by atoms with van der Waals surface area (Å²) in [6.45, 7) is 5.07. The number of aromatic nitrogens is 2. The van der Waals surface area contributed by atoms with Crippen LogP contribution in [0.3, 0.4) is 0 Å². The zero-order chi connectivity index (χ0) is 22.7. The van der Waals surface area contributed by atoms with Crippen LogP contribution in [0.1, 0.15) is 30.6 Å². The molecular weight excluding hydrogens is 515 g/mol. The molecule has 6 heteroatoms. The van der Waals surface area contributed by atoms with Gasteiger partial charge in [0.15, 0.2) is 0 Å². The van der Waals surface area contributed by atoms with E-state index >= 15 is 0 Å². The minimum absolute atomic E-state index is 0.224. The molecule has 0 aliphatic heterocycles. The molecular formula is C26H23IN2O3. The van der Waals surface area contributed by atoms with Gasteiger partial charge in [0.2, 0.25) is 0 Å². The first-order valence-electron chi connectivity index (χ1n) is 10.4. The summed E-state index contributed by atoms with van der Waals surface area (Å²) in [6.07, 6.45) is 2.81. The van der Waals surface area contributed by atoms with Crippen LogP contribution in [0.5, 0.6) is 5.75 Å². The number of aromatic carboxylic acids is 1. The van der Waals surface area contributed by atoms with E-state index in [1.54, 1.807) is 12.3 Å². The molecule has 0 fully saturated rings. The molecule has 0 spiro atoms. The molecule has 0 aliphatic rings. The van der Waals surface area contributed by atoms with Crippen LogP contribution in [-0.4, -0.2) is 27.7 Å². The minimum Gasteiger partial charge on any atom is -0.494 e. The van der Waals surface area contributed by atoms with E-state index in [1.165, 1.54) is 0 Å². The molecule has 0 radical (unpaired) electrons. The van der Waals surface area contributed by atoms with E-state index in [0.717, 1.165) is 26.9 Å². The summed E-state index contributed by atoms with van der Waals surface area (Å²) in [7, 11) is 0. The molecule has 0 saturated heterocycles. The zero-order valence-electron chi connectivity index (χ0n) is 17.9. The first-order valence-corrected chi connectivity index (χ1v) is 11.5. The number of pyridine rings is 2. The van der Waals surface area contributed by atoms with E-state index in [-0.39, 0.29) is 5.56 Å². The van der Waals surface area contributed by atoms with Gasteiger partial charge in [0.1, 0.15) is 5.75 Å². The second kappa shape index (κ2) is 9.65. The number of benzene rings is 2. The zero-order valence-corrected chi connectivity index (χ0v) is 20.0. The van der Waals surface area contributed by atoms with Crippen LogP contribution in [0.15, 0.2) is 66.9 Å². The highest BCUT2D eigenvalue weighted by atomic mass is 127. The number of nitrogens with zero attached hydrogens (tertiary/aromatic N) is 2. The van der Waals surface area contributed by atoms with E-state index in [1.807, 2.05) is 54.6 Å². The van der Waals surface area contributed by atoms with Crippen molar-refractivity contribution in [3.63, 3.8) is 0 Å². The molecule has 0 aliphatic carbocycles. The highest BCUT2D eigenvalue weighted by Crippen LogP contribution is 2.27. The third-order valence-electron chi connectivity index (χ3n) is 5.18. The topological polar surface area (TPSA) is 72.3 Å². The largest absolute Gasteiger partial charge is 0.494 e. The number of carboxylic acid groups (broad SMARTS) is 1. The van der Waals surface area contributed by atoms with Crippen molar-refractivity contribution in [1.82, 2.24) is 9.97 Å². The molecule has 0 amide bonds. The Morgan fingerprint density at radius 1 is 1.00 bits per heavy atom. The van der Waals surface area contributed by atoms with Crippen molar-refractivity contribution in [3.05, 3.63) is 76.0 Å². The molecule has 0 bridgehead atoms. The van der Waals surface area contributed by atoms with Gasteiger partial charge < -0.3 is 9.84 Å². The van der Waals surface area contributed by atoms with E-state index < -0.39 is 5.97 Å². The molecule has 0 atom stereocenters. The maximum Gasteiger partial charge on any atom is 0.336 e. The first kappa shape index (κ1) is 22.2. The predicted octanol–water partition coefficient (Wildman–Crippen LogP) is 6.69. The molecule has 2 aromatic carbocycles. The highest BCUT2D eigenvalue weighted by Gasteiger charge is 2.14. The molecule has 2 heterocycles. The summed E-state index contributed by atoms with van der Waals surface area (Å²) in [4.78, 5) is 21.0. The second-order valence-corrected chi connectivity index (χ2v) is 9.25. The summed E-state index contributed by atoms with van der Waals surface area (Å²) >= 11 is 2.17. The predicted molar refractivity (Wildman–Crippen MR) is 135 cm³/mol. The molecule has 4 aromatic rings. The van der Waals surface area contributed by atoms with Crippen molar-refractivity contribution in [1.29, 1.82) is 0 Å². The number of halogens is 1. The molecule has 0 saturated carbocycles. The maximum atomic E-state index is 11.8. The number of fused-ring (bicyclic) bond motifs is 1. The van der Waals surface area contributed by atoms with E-state index in [9.17, 15) is 9.90 Å². The summed E-state index contributed by atoms with van der Waals surface area (Å²) in [5.41, 5.74) is 4.03. The molecule has 32 heavy (non-hydrogen) atoms. The fourth-order valence-corrected chi connectivity index (χ4v) is 3.87. The van der Waals surface area contributed by atoms with Crippen molar-refractivity contribution >= 4 is 39.5 Å². The van der Waals surface area contributed by atoms with Gasteiger partial charge in [-0.1, -0.05) is 32.0 Å². The van der Waals surface area contributed by atoms with Crippen LogP contribution >= 0.6 is 22.6 Å². The fraction of sp³-hybridized carbons (Fsp3) is 0.192. The van der Waals surface area contributed by atoms with Crippen molar-refractivity contribution in [2.24, 2.45) is 5.92 Å². The number of ether oxygens (including phenoxy) is 1. The molecule has 162 valence electrons. The van der Waals surface area contributed by atoms with E-state index in [4.69, 9.17) is 4.74 Å². The maximum absolute atomic E-state index is 11.8. The van der Waals surface area contributed by atoms with Gasteiger partial charge in [0, 0.05) is 20.7 Å². The smallest absolute Gasteiger partial charge is 0.336 e. The average molecular weight is 538 g/mol. The van der Waals surface area contributed by atoms with Gasteiger partial charge in [-0.05, 0) is 83.0 Å². The number of carboxylic acids is 1. The van der Waals surface area contributed by atoms with Crippen molar-refractivity contribution in [3.8, 4) is 28.3 Å². The Labute approximate surface area is 200 Å². The lowest BCUT2D eigenvalue weighted by Gasteiger charge is -2.10. The highest BCUT2D eigenvalue weighted by molar-refractivity contribution is 14.1. The lowest BCUT2D eigenvalue weighted by Crippen LogP contribution is -2.01. The molecule has 1 N–H and O–H groups in total. The van der Waals surface area contributed by atoms with Crippen LogP contribution in [0, 0.1) is 9.49 Å². The van der Waals surface area contributed by atoms with E-state index in [0.29, 0.717) is 34.8 Å². The SMILES string of the molecule is CC(C)CCOc1ccc(-c2ccc(-c3cc(C(=O)O)c4cc(I)ccc4n3)nc2)cc1. The van der Waals surface area contributed by atoms with Crippen molar-refractivity contribution in [2.45, 2.75) is 20.3 Å². The Hall–Kier alpha value is -3.00. The van der Waals surface area contributed by atoms with Crippen LogP contribution in [0.25, 0.3) is 33.4 Å². The van der Waals surface area contributed by atoms with Crippen molar-refractivity contribution in [2.75, 3.05) is 6.61 Å². The minimum atomic E-state index is -0.979. The van der Waals surface area contributed by atoms with Gasteiger partial charge in [-0.15, -0.1) is 0 Å². The monoisotopic (exact) mass is 538 g/mol. The third-order valence-corrected chi connectivity index (χ3v) is 5.85. The Bertz CT molecular complexity index is 1250. The van der Waals surface area contributed by atoms with Gasteiger partial charge in [0.05, 0.1) is 29.1 Å². The Balaban J connectivity index is 1.58. The lowest BCUT2D eigenvalue weighted by atomic mass is 10.0. The second-order valence-electron chi connectivity index (χ2n) is 8.01. The van der Waals surface area contributed by atoms with Crippen LogP contribution < -0.4 is 4.74 Å². The van der Waals surface area contributed by atoms with Gasteiger partial charge in [0.25, 0.3) is 0 Å². The van der Waals surface area contributed by atoms with Gasteiger partial charge >= 0.3 is 5.97 Å². The Kier molecular flexibility index (Phi) is 6.69. The fourth-order valence-electron chi connectivity index (χ4n) is 3.38. The summed E-state index contributed by atoms with van der Waals surface area (Å²) in [5, 5.41) is 10.3. The quantitative estimate of drug-likeness (QED) is 0.266. The summed E-state index contributed by atoms with van der Waals surface area (Å²) in [5.74, 6) is 0.495. The number of hydrogen-bond donors (Lipinski definition) is 1. The number of rotatable bonds is 7. The van der Waals surface area contributed by atoms with Gasteiger partial charge in [-0.2, -0.15) is 0 Å². The number of carbonyl (C=O) groups is 1. The Morgan fingerprint density at radius 2 is 1.75 bits per heavy atom. The van der Waals surface area contributed by atoms with Crippen LogP contribution in [-0.2, 0) is 0 Å². The van der Waals surface area contributed by atoms with Gasteiger partial charge in [-0.3, -0.25) is 4.98 Å². The first-order chi connectivity index (χ1) is 15.4. The normalized spacial score (nSPS) is 11.1. The van der Waals surface area contributed by atoms with Gasteiger partial charge in [-0.25, -0.2) is 9.78 Å². The standard InChI is InChI=1S/C26H23IN2O3/c1-16(2)11-12-32-20-7-3-17(4-8-20)18-5-9-24(28-15-18)25-14-22(26(30)31)21-13-19(27)6-10-23(21)29-25/h3-10,13-16H,11-12H2,1-2H3,(H,30,31). The van der Waals surface area contributed by atoms with Crippen molar-refractivity contribution < 1.29 is 14.6 Å². The summed E-state index contributed by atoms with van der Waals surface area (Å²) < 4.78 is 6.75. The van der Waals surface area contributed by atoms with Crippen LogP contribution in [0.2, 0.25) is 0 Å². The van der Waals surface area contributed by atoms with Crippen LogP contribution in [0.4, 0.5) is 0 Å². The molecule has 4 rings (SSSR count). The molecule has 0 unspecified atom stereocenters. The number of hydrogen-bond acceptors (Lipinski definition) is 4.